The molecule has 1 unspecified atom stereocenters. The van der Waals surface area contributed by atoms with E-state index in [0.29, 0.717) is 28.3 Å². The van der Waals surface area contributed by atoms with E-state index in [2.05, 4.69) is 11.9 Å². The molecule has 1 saturated heterocycles. The zero-order valence-electron chi connectivity index (χ0n) is 14.7. The van der Waals surface area contributed by atoms with Gasteiger partial charge in [0, 0.05) is 28.2 Å². The summed E-state index contributed by atoms with van der Waals surface area (Å²) < 4.78 is 0. The first-order valence-corrected chi connectivity index (χ1v) is 9.47. The van der Waals surface area contributed by atoms with E-state index in [1.54, 1.807) is 24.3 Å². The van der Waals surface area contributed by atoms with Crippen LogP contribution in [0.15, 0.2) is 42.5 Å². The lowest BCUT2D eigenvalue weighted by Crippen LogP contribution is -2.35. The normalized spacial score (nSPS) is 17.4. The maximum Gasteiger partial charge on any atom is 0.411 e. The third kappa shape index (κ3) is 4.32. The molecule has 1 heterocycles. The van der Waals surface area contributed by atoms with E-state index in [1.807, 2.05) is 18.2 Å². The molecule has 1 atom stereocenters. The number of amides is 1. The first-order valence-electron chi connectivity index (χ1n) is 8.72. The molecule has 0 bridgehead atoms. The number of rotatable bonds is 5. The molecule has 3 rings (SSSR count). The minimum Gasteiger partial charge on any atom is -0.465 e. The number of likely N-dealkylation sites (tertiary alicyclic amines) is 1. The number of anilines is 1. The lowest BCUT2D eigenvalue weighted by Gasteiger charge is -2.26. The second-order valence-corrected chi connectivity index (χ2v) is 7.54. The molecule has 0 spiro atoms. The van der Waals surface area contributed by atoms with Gasteiger partial charge in [-0.15, -0.1) is 0 Å². The van der Waals surface area contributed by atoms with Gasteiger partial charge < -0.3 is 10.0 Å². The Morgan fingerprint density at radius 3 is 2.65 bits per heavy atom. The molecule has 4 nitrogen and oxygen atoms in total. The van der Waals surface area contributed by atoms with Crippen molar-refractivity contribution in [3.05, 3.63) is 52.5 Å². The molecule has 138 valence electrons. The van der Waals surface area contributed by atoms with Crippen LogP contribution in [0.2, 0.25) is 10.0 Å². The molecular formula is C20H22Cl2N2O2. The predicted octanol–water partition coefficient (Wildman–Crippen LogP) is 5.63. The standard InChI is InChI=1S/C20H22Cl2N2O2/c1-23-10-3-6-17(23)9-11-24(20(25)26)19-8-7-16(22)13-18(19)14-4-2-5-15(21)12-14/h2,4-5,7-8,12-13,17H,3,6,9-11H2,1H3,(H,25,26). The van der Waals surface area contributed by atoms with Gasteiger partial charge in [-0.1, -0.05) is 35.3 Å². The lowest BCUT2D eigenvalue weighted by atomic mass is 10.0. The monoisotopic (exact) mass is 392 g/mol. The summed E-state index contributed by atoms with van der Waals surface area (Å²) in [5.74, 6) is 0. The van der Waals surface area contributed by atoms with Crippen molar-refractivity contribution in [2.24, 2.45) is 0 Å². The summed E-state index contributed by atoms with van der Waals surface area (Å²) in [6.07, 6.45) is 2.13. The molecule has 2 aromatic carbocycles. The molecule has 26 heavy (non-hydrogen) atoms. The third-order valence-electron chi connectivity index (χ3n) is 4.97. The van der Waals surface area contributed by atoms with Crippen molar-refractivity contribution in [3.8, 4) is 11.1 Å². The molecule has 1 aliphatic heterocycles. The zero-order chi connectivity index (χ0) is 18.7. The average Bonchev–Trinajstić information content (AvgIpc) is 3.01. The Kier molecular flexibility index (Phi) is 6.07. The quantitative estimate of drug-likeness (QED) is 0.716. The van der Waals surface area contributed by atoms with Crippen molar-refractivity contribution in [2.75, 3.05) is 25.0 Å². The van der Waals surface area contributed by atoms with E-state index in [0.717, 1.165) is 30.5 Å². The maximum absolute atomic E-state index is 12.0. The van der Waals surface area contributed by atoms with E-state index in [4.69, 9.17) is 23.2 Å². The average molecular weight is 393 g/mol. The highest BCUT2D eigenvalue weighted by Crippen LogP contribution is 2.35. The van der Waals surface area contributed by atoms with Gasteiger partial charge in [0.2, 0.25) is 0 Å². The molecule has 1 aliphatic rings. The van der Waals surface area contributed by atoms with E-state index in [9.17, 15) is 9.90 Å². The number of halogens is 2. The van der Waals surface area contributed by atoms with E-state index < -0.39 is 6.09 Å². The van der Waals surface area contributed by atoms with Crippen LogP contribution in [0, 0.1) is 0 Å². The summed E-state index contributed by atoms with van der Waals surface area (Å²) in [7, 11) is 2.10. The number of carbonyl (C=O) groups is 1. The Morgan fingerprint density at radius 2 is 2.00 bits per heavy atom. The Hall–Kier alpha value is -1.75. The number of benzene rings is 2. The Bertz CT molecular complexity index is 797. The van der Waals surface area contributed by atoms with Crippen molar-refractivity contribution >= 4 is 35.0 Å². The summed E-state index contributed by atoms with van der Waals surface area (Å²) >= 11 is 12.3. The smallest absolute Gasteiger partial charge is 0.411 e. The van der Waals surface area contributed by atoms with E-state index in [-0.39, 0.29) is 0 Å². The topological polar surface area (TPSA) is 43.8 Å². The van der Waals surface area contributed by atoms with Crippen molar-refractivity contribution < 1.29 is 9.90 Å². The lowest BCUT2D eigenvalue weighted by molar-refractivity contribution is 0.200. The SMILES string of the molecule is CN1CCCC1CCN(C(=O)O)c1ccc(Cl)cc1-c1cccc(Cl)c1. The fraction of sp³-hybridized carbons (Fsp3) is 0.350. The Morgan fingerprint density at radius 1 is 1.23 bits per heavy atom. The number of carboxylic acid groups (broad SMARTS) is 1. The van der Waals surface area contributed by atoms with Crippen molar-refractivity contribution in [2.45, 2.75) is 25.3 Å². The highest BCUT2D eigenvalue weighted by atomic mass is 35.5. The van der Waals surface area contributed by atoms with Crippen LogP contribution < -0.4 is 4.90 Å². The van der Waals surface area contributed by atoms with Crippen LogP contribution in [0.5, 0.6) is 0 Å². The van der Waals surface area contributed by atoms with Gasteiger partial charge in [0.05, 0.1) is 5.69 Å². The Labute approximate surface area is 163 Å². The van der Waals surface area contributed by atoms with Crippen LogP contribution in [0.4, 0.5) is 10.5 Å². The molecular weight excluding hydrogens is 371 g/mol. The largest absolute Gasteiger partial charge is 0.465 e. The summed E-state index contributed by atoms with van der Waals surface area (Å²) in [5.41, 5.74) is 2.24. The molecule has 0 radical (unpaired) electrons. The second kappa shape index (κ2) is 8.30. The van der Waals surface area contributed by atoms with Gasteiger partial charge in [0.25, 0.3) is 0 Å². The van der Waals surface area contributed by atoms with Gasteiger partial charge in [-0.3, -0.25) is 4.90 Å². The van der Waals surface area contributed by atoms with Gasteiger partial charge >= 0.3 is 6.09 Å². The highest BCUT2D eigenvalue weighted by molar-refractivity contribution is 6.31. The van der Waals surface area contributed by atoms with Crippen LogP contribution in [-0.2, 0) is 0 Å². The molecule has 0 aliphatic carbocycles. The summed E-state index contributed by atoms with van der Waals surface area (Å²) in [6.45, 7) is 1.52. The van der Waals surface area contributed by atoms with Gasteiger partial charge in [0.1, 0.15) is 0 Å². The number of nitrogens with zero attached hydrogens (tertiary/aromatic N) is 2. The van der Waals surface area contributed by atoms with Gasteiger partial charge in [-0.2, -0.15) is 0 Å². The molecule has 0 saturated carbocycles. The first kappa shape index (κ1) is 19.0. The van der Waals surface area contributed by atoms with Crippen LogP contribution in [-0.4, -0.2) is 42.3 Å². The zero-order valence-corrected chi connectivity index (χ0v) is 16.2. The summed E-state index contributed by atoms with van der Waals surface area (Å²) in [5, 5.41) is 11.0. The van der Waals surface area contributed by atoms with Gasteiger partial charge in [-0.25, -0.2) is 4.79 Å². The minimum absolute atomic E-state index is 0.429. The molecule has 1 N–H and O–H groups in total. The first-order chi connectivity index (χ1) is 12.5. The molecule has 0 aromatic heterocycles. The van der Waals surface area contributed by atoms with E-state index >= 15 is 0 Å². The van der Waals surface area contributed by atoms with Crippen LogP contribution in [0.1, 0.15) is 19.3 Å². The van der Waals surface area contributed by atoms with E-state index in [1.165, 1.54) is 11.3 Å². The van der Waals surface area contributed by atoms with Crippen LogP contribution in [0.3, 0.4) is 0 Å². The minimum atomic E-state index is -0.962. The van der Waals surface area contributed by atoms with Gasteiger partial charge in [-0.05, 0) is 68.8 Å². The third-order valence-corrected chi connectivity index (χ3v) is 5.44. The molecule has 6 heteroatoms. The van der Waals surface area contributed by atoms with Crippen LogP contribution >= 0.6 is 23.2 Å². The highest BCUT2D eigenvalue weighted by Gasteiger charge is 2.24. The molecule has 1 fully saturated rings. The molecule has 2 aromatic rings. The second-order valence-electron chi connectivity index (χ2n) is 6.67. The predicted molar refractivity (Wildman–Crippen MR) is 108 cm³/mol. The summed E-state index contributed by atoms with van der Waals surface area (Å²) in [6, 6.07) is 13.1. The maximum atomic E-state index is 12.0. The fourth-order valence-electron chi connectivity index (χ4n) is 3.57. The summed E-state index contributed by atoms with van der Waals surface area (Å²) in [4.78, 5) is 15.7. The van der Waals surface area contributed by atoms with Crippen molar-refractivity contribution in [3.63, 3.8) is 0 Å². The Balaban J connectivity index is 1.92. The fourth-order valence-corrected chi connectivity index (χ4v) is 3.93. The van der Waals surface area contributed by atoms with Gasteiger partial charge in [0.15, 0.2) is 0 Å². The van der Waals surface area contributed by atoms with Crippen LogP contribution in [0.25, 0.3) is 11.1 Å². The number of hydrogen-bond donors (Lipinski definition) is 1. The number of hydrogen-bond acceptors (Lipinski definition) is 2. The van der Waals surface area contributed by atoms with Crippen molar-refractivity contribution in [1.29, 1.82) is 0 Å². The molecule has 1 amide bonds. The van der Waals surface area contributed by atoms with Crippen molar-refractivity contribution in [1.82, 2.24) is 4.90 Å².